The fourth-order valence-electron chi connectivity index (χ4n) is 1.99. The van der Waals surface area contributed by atoms with Crippen LogP contribution in [0.2, 0.25) is 0 Å². The molecule has 0 radical (unpaired) electrons. The minimum atomic E-state index is -1.00. The maximum atomic E-state index is 12.1. The number of amides is 2. The second-order valence-electron chi connectivity index (χ2n) is 4.67. The summed E-state index contributed by atoms with van der Waals surface area (Å²) in [4.78, 5) is 28.6. The van der Waals surface area contributed by atoms with Crippen molar-refractivity contribution in [1.29, 1.82) is 0 Å². The number of nitrogens with zero attached hydrogens (tertiary/aromatic N) is 2. The van der Waals surface area contributed by atoms with Gasteiger partial charge in [0.25, 0.3) is 0 Å². The van der Waals surface area contributed by atoms with Gasteiger partial charge in [-0.25, -0.2) is 9.78 Å². The monoisotopic (exact) mass is 291 g/mol. The van der Waals surface area contributed by atoms with Crippen LogP contribution in [0.3, 0.4) is 0 Å². The van der Waals surface area contributed by atoms with E-state index < -0.39 is 12.0 Å². The first-order valence-corrected chi connectivity index (χ1v) is 7.10. The van der Waals surface area contributed by atoms with E-state index in [4.69, 9.17) is 5.11 Å². The molecule has 2 amide bonds. The molecule has 104 valence electrons. The number of para-hydroxylation sites is 1. The number of carboxylic acids is 1. The third kappa shape index (κ3) is 2.72. The number of nitrogens with one attached hydrogen (secondary N) is 1. The Labute approximate surface area is 119 Å². The van der Waals surface area contributed by atoms with Crippen LogP contribution in [-0.2, 0) is 4.79 Å². The van der Waals surface area contributed by atoms with E-state index in [0.717, 1.165) is 23.1 Å². The van der Waals surface area contributed by atoms with E-state index in [1.165, 1.54) is 16.2 Å². The Kier molecular flexibility index (Phi) is 3.27. The number of hydrogen-bond donors (Lipinski definition) is 2. The van der Waals surface area contributed by atoms with Crippen molar-refractivity contribution >= 4 is 38.7 Å². The van der Waals surface area contributed by atoms with Crippen molar-refractivity contribution in [3.8, 4) is 0 Å². The lowest BCUT2D eigenvalue weighted by atomic mass is 10.3. The first kappa shape index (κ1) is 12.9. The zero-order chi connectivity index (χ0) is 14.1. The Morgan fingerprint density at radius 1 is 1.40 bits per heavy atom. The first-order chi connectivity index (χ1) is 9.63. The summed E-state index contributed by atoms with van der Waals surface area (Å²) >= 11 is 1.38. The number of anilines is 1. The number of aromatic nitrogens is 1. The van der Waals surface area contributed by atoms with Crippen LogP contribution in [0.4, 0.5) is 9.93 Å². The highest BCUT2D eigenvalue weighted by atomic mass is 32.1. The third-order valence-electron chi connectivity index (χ3n) is 3.06. The standard InChI is InChI=1S/C13H13N3O3S/c17-11(18)7-16(8-5-6-8)13(19)15-12-14-9-3-1-2-4-10(9)20-12/h1-4,8H,5-7H2,(H,17,18)(H,14,15,19). The van der Waals surface area contributed by atoms with E-state index in [1.54, 1.807) is 0 Å². The molecular formula is C13H13N3O3S. The number of benzene rings is 1. The summed E-state index contributed by atoms with van der Waals surface area (Å²) in [7, 11) is 0. The summed E-state index contributed by atoms with van der Waals surface area (Å²) in [6.45, 7) is -0.276. The van der Waals surface area contributed by atoms with Crippen LogP contribution in [-0.4, -0.2) is 39.6 Å². The van der Waals surface area contributed by atoms with Gasteiger partial charge in [-0.2, -0.15) is 0 Å². The van der Waals surface area contributed by atoms with Gasteiger partial charge in [0.2, 0.25) is 0 Å². The largest absolute Gasteiger partial charge is 0.480 e. The molecule has 3 rings (SSSR count). The summed E-state index contributed by atoms with van der Waals surface area (Å²) in [5.41, 5.74) is 0.823. The minimum Gasteiger partial charge on any atom is -0.480 e. The average Bonchev–Trinajstić information content (AvgIpc) is 3.15. The lowest BCUT2D eigenvalue weighted by Gasteiger charge is -2.19. The van der Waals surface area contributed by atoms with Gasteiger partial charge in [-0.3, -0.25) is 10.1 Å². The van der Waals surface area contributed by atoms with Gasteiger partial charge in [0.1, 0.15) is 6.54 Å². The molecule has 6 nitrogen and oxygen atoms in total. The number of aliphatic carboxylic acids is 1. The number of hydrogen-bond acceptors (Lipinski definition) is 4. The number of fused-ring (bicyclic) bond motifs is 1. The van der Waals surface area contributed by atoms with Crippen LogP contribution in [0.15, 0.2) is 24.3 Å². The van der Waals surface area contributed by atoms with Crippen molar-refractivity contribution in [1.82, 2.24) is 9.88 Å². The molecule has 0 saturated heterocycles. The molecule has 0 atom stereocenters. The van der Waals surface area contributed by atoms with Crippen LogP contribution in [0.5, 0.6) is 0 Å². The maximum absolute atomic E-state index is 12.1. The average molecular weight is 291 g/mol. The Bertz CT molecular complexity index is 633. The Morgan fingerprint density at radius 3 is 2.80 bits per heavy atom. The predicted octanol–water partition coefficient (Wildman–Crippen LogP) is 2.38. The van der Waals surface area contributed by atoms with E-state index in [9.17, 15) is 9.59 Å². The van der Waals surface area contributed by atoms with Gasteiger partial charge < -0.3 is 10.0 Å². The lowest BCUT2D eigenvalue weighted by Crippen LogP contribution is -2.40. The number of urea groups is 1. The van der Waals surface area contributed by atoms with E-state index in [-0.39, 0.29) is 12.6 Å². The van der Waals surface area contributed by atoms with Gasteiger partial charge in [0, 0.05) is 6.04 Å². The molecule has 7 heteroatoms. The zero-order valence-corrected chi connectivity index (χ0v) is 11.4. The highest BCUT2D eigenvalue weighted by molar-refractivity contribution is 7.22. The van der Waals surface area contributed by atoms with Gasteiger partial charge in [0.05, 0.1) is 10.2 Å². The van der Waals surface area contributed by atoms with Crippen LogP contribution < -0.4 is 5.32 Å². The zero-order valence-electron chi connectivity index (χ0n) is 10.6. The van der Waals surface area contributed by atoms with Gasteiger partial charge >= 0.3 is 12.0 Å². The van der Waals surface area contributed by atoms with Crippen molar-refractivity contribution in [3.63, 3.8) is 0 Å². The van der Waals surface area contributed by atoms with Crippen molar-refractivity contribution < 1.29 is 14.7 Å². The van der Waals surface area contributed by atoms with Crippen molar-refractivity contribution in [2.75, 3.05) is 11.9 Å². The second kappa shape index (κ2) is 5.09. The van der Waals surface area contributed by atoms with E-state index in [1.807, 2.05) is 24.3 Å². The molecule has 2 N–H and O–H groups in total. The van der Waals surface area contributed by atoms with E-state index >= 15 is 0 Å². The molecule has 0 bridgehead atoms. The molecule has 1 aromatic carbocycles. The summed E-state index contributed by atoms with van der Waals surface area (Å²) < 4.78 is 0.985. The molecular weight excluding hydrogens is 278 g/mol. The molecule has 1 aliphatic carbocycles. The highest BCUT2D eigenvalue weighted by Crippen LogP contribution is 2.29. The Balaban J connectivity index is 1.75. The summed E-state index contributed by atoms with van der Waals surface area (Å²) in [5, 5.41) is 12.0. The molecule has 20 heavy (non-hydrogen) atoms. The van der Waals surface area contributed by atoms with Gasteiger partial charge in [-0.1, -0.05) is 23.5 Å². The number of thiazole rings is 1. The molecule has 1 fully saturated rings. The number of carbonyl (C=O) groups is 2. The topological polar surface area (TPSA) is 82.5 Å². The molecule has 1 heterocycles. The summed E-state index contributed by atoms with van der Waals surface area (Å²) in [6, 6.07) is 7.24. The Hall–Kier alpha value is -2.15. The highest BCUT2D eigenvalue weighted by Gasteiger charge is 2.34. The minimum absolute atomic E-state index is 0.0421. The lowest BCUT2D eigenvalue weighted by molar-refractivity contribution is -0.137. The molecule has 0 aliphatic heterocycles. The normalized spacial score (nSPS) is 14.2. The molecule has 0 spiro atoms. The Morgan fingerprint density at radius 2 is 2.15 bits per heavy atom. The van der Waals surface area contributed by atoms with Crippen molar-refractivity contribution in [2.45, 2.75) is 18.9 Å². The smallest absolute Gasteiger partial charge is 0.324 e. The summed E-state index contributed by atoms with van der Waals surface area (Å²) in [6.07, 6.45) is 1.72. The summed E-state index contributed by atoms with van der Waals surface area (Å²) in [5.74, 6) is -1.00. The molecule has 1 aromatic heterocycles. The first-order valence-electron chi connectivity index (χ1n) is 6.28. The maximum Gasteiger partial charge on any atom is 0.324 e. The molecule has 2 aromatic rings. The van der Waals surface area contributed by atoms with Gasteiger partial charge in [-0.05, 0) is 25.0 Å². The fourth-order valence-corrected chi connectivity index (χ4v) is 2.84. The molecule has 1 saturated carbocycles. The number of rotatable bonds is 4. The number of carboxylic acid groups (broad SMARTS) is 1. The molecule has 0 unspecified atom stereocenters. The van der Waals surface area contributed by atoms with Gasteiger partial charge in [-0.15, -0.1) is 0 Å². The third-order valence-corrected chi connectivity index (χ3v) is 4.01. The van der Waals surface area contributed by atoms with Crippen LogP contribution in [0.25, 0.3) is 10.2 Å². The van der Waals surface area contributed by atoms with Crippen LogP contribution in [0.1, 0.15) is 12.8 Å². The van der Waals surface area contributed by atoms with E-state index in [0.29, 0.717) is 5.13 Å². The van der Waals surface area contributed by atoms with Crippen molar-refractivity contribution in [2.24, 2.45) is 0 Å². The van der Waals surface area contributed by atoms with Crippen molar-refractivity contribution in [3.05, 3.63) is 24.3 Å². The quantitative estimate of drug-likeness (QED) is 0.906. The van der Waals surface area contributed by atoms with Crippen LogP contribution >= 0.6 is 11.3 Å². The predicted molar refractivity (Wildman–Crippen MR) is 76.0 cm³/mol. The fraction of sp³-hybridized carbons (Fsp3) is 0.308. The SMILES string of the molecule is O=C(O)CN(C(=O)Nc1nc2ccccc2s1)C1CC1. The number of carbonyl (C=O) groups excluding carboxylic acids is 1. The second-order valence-corrected chi connectivity index (χ2v) is 5.70. The van der Waals surface area contributed by atoms with E-state index in [2.05, 4.69) is 10.3 Å². The molecule has 1 aliphatic rings. The van der Waals surface area contributed by atoms with Crippen LogP contribution in [0, 0.1) is 0 Å². The van der Waals surface area contributed by atoms with Gasteiger partial charge in [0.15, 0.2) is 5.13 Å².